The predicted molar refractivity (Wildman–Crippen MR) is 98.5 cm³/mol. The van der Waals surface area contributed by atoms with E-state index in [1.807, 2.05) is 0 Å². The van der Waals surface area contributed by atoms with Crippen LogP contribution in [0.5, 0.6) is 11.5 Å². The minimum atomic E-state index is -0.834. The average molecular weight is 439 g/mol. The Morgan fingerprint density at radius 1 is 0.885 bits per heavy atom. The molecule has 0 bridgehead atoms. The van der Waals surface area contributed by atoms with Crippen LogP contribution in [0.2, 0.25) is 20.1 Å². The lowest BCUT2D eigenvalue weighted by Crippen LogP contribution is -2.31. The third kappa shape index (κ3) is 6.14. The van der Waals surface area contributed by atoms with Crippen LogP contribution in [-0.4, -0.2) is 25.4 Å². The maximum atomic E-state index is 11.6. The summed E-state index contributed by atoms with van der Waals surface area (Å²) in [5, 5.41) is 3.17. The Labute approximate surface area is 168 Å². The van der Waals surface area contributed by atoms with E-state index in [2.05, 4.69) is 5.32 Å². The number of benzene rings is 2. The summed E-state index contributed by atoms with van der Waals surface area (Å²) in [4.78, 5) is 23.2. The van der Waals surface area contributed by atoms with Crippen LogP contribution >= 0.6 is 46.4 Å². The Morgan fingerprint density at radius 3 is 2.31 bits per heavy atom. The monoisotopic (exact) mass is 437 g/mol. The second kappa shape index (κ2) is 9.73. The molecule has 0 fully saturated rings. The summed E-state index contributed by atoms with van der Waals surface area (Å²) in [5.74, 6) is -0.398. The molecule has 0 unspecified atom stereocenters. The van der Waals surface area contributed by atoms with Gasteiger partial charge in [-0.15, -0.1) is 0 Å². The molecule has 26 heavy (non-hydrogen) atoms. The summed E-state index contributed by atoms with van der Waals surface area (Å²) in [5.41, 5.74) is 0. The van der Waals surface area contributed by atoms with E-state index >= 15 is 0 Å². The molecular formula is C16H11Cl4NO5. The number of ether oxygens (including phenoxy) is 3. The van der Waals surface area contributed by atoms with Gasteiger partial charge in [-0.1, -0.05) is 58.5 Å². The molecule has 0 heterocycles. The second-order valence-electron chi connectivity index (χ2n) is 4.64. The molecule has 1 amide bonds. The topological polar surface area (TPSA) is 73.9 Å². The van der Waals surface area contributed by atoms with E-state index in [1.165, 1.54) is 18.2 Å². The number of rotatable bonds is 6. The van der Waals surface area contributed by atoms with Gasteiger partial charge in [0, 0.05) is 6.07 Å². The Morgan fingerprint density at radius 2 is 1.58 bits per heavy atom. The number of nitrogens with one attached hydrogen (secondary N) is 1. The number of esters is 1. The molecule has 0 saturated carbocycles. The van der Waals surface area contributed by atoms with Crippen LogP contribution in [0.3, 0.4) is 0 Å². The summed E-state index contributed by atoms with van der Waals surface area (Å²) in [7, 11) is 0. The van der Waals surface area contributed by atoms with Gasteiger partial charge in [0.15, 0.2) is 19.1 Å². The van der Waals surface area contributed by atoms with Gasteiger partial charge in [0.1, 0.15) is 5.75 Å². The Balaban J connectivity index is 1.73. The Bertz CT molecular complexity index is 815. The van der Waals surface area contributed by atoms with Gasteiger partial charge in [0.2, 0.25) is 0 Å². The van der Waals surface area contributed by atoms with Crippen molar-refractivity contribution < 1.29 is 23.8 Å². The number of amides is 1. The number of hydrogen-bond acceptors (Lipinski definition) is 5. The molecule has 0 aliphatic carbocycles. The van der Waals surface area contributed by atoms with E-state index in [1.54, 1.807) is 18.2 Å². The van der Waals surface area contributed by atoms with Crippen LogP contribution in [-0.2, 0) is 9.53 Å². The van der Waals surface area contributed by atoms with Crippen molar-refractivity contribution in [3.63, 3.8) is 0 Å². The van der Waals surface area contributed by atoms with Gasteiger partial charge < -0.3 is 14.2 Å². The summed E-state index contributed by atoms with van der Waals surface area (Å²) in [6.07, 6.45) is -0.834. The van der Waals surface area contributed by atoms with Gasteiger partial charge >= 0.3 is 12.1 Å². The first-order valence-electron chi connectivity index (χ1n) is 7.00. The largest absolute Gasteiger partial charge is 0.480 e. The highest BCUT2D eigenvalue weighted by Gasteiger charge is 2.11. The normalized spacial score (nSPS) is 10.2. The second-order valence-corrected chi connectivity index (χ2v) is 6.27. The zero-order valence-electron chi connectivity index (χ0n) is 12.9. The van der Waals surface area contributed by atoms with Gasteiger partial charge in [0.25, 0.3) is 0 Å². The van der Waals surface area contributed by atoms with Crippen LogP contribution < -0.4 is 14.8 Å². The van der Waals surface area contributed by atoms with E-state index in [4.69, 9.17) is 60.6 Å². The first-order chi connectivity index (χ1) is 12.4. The highest BCUT2D eigenvalue weighted by Crippen LogP contribution is 2.33. The molecule has 2 rings (SSSR count). The number of hydrogen-bond donors (Lipinski definition) is 1. The van der Waals surface area contributed by atoms with Crippen LogP contribution in [0, 0.1) is 0 Å². The molecule has 0 aromatic heterocycles. The van der Waals surface area contributed by atoms with E-state index in [9.17, 15) is 9.59 Å². The quantitative estimate of drug-likeness (QED) is 0.391. The minimum Gasteiger partial charge on any atom is -0.480 e. The number of para-hydroxylation sites is 1. The molecule has 0 radical (unpaired) electrons. The van der Waals surface area contributed by atoms with Crippen LogP contribution in [0.25, 0.3) is 0 Å². The summed E-state index contributed by atoms with van der Waals surface area (Å²) >= 11 is 23.4. The minimum absolute atomic E-state index is 0.170. The third-order valence-electron chi connectivity index (χ3n) is 2.81. The molecule has 0 atom stereocenters. The van der Waals surface area contributed by atoms with Gasteiger partial charge in [0.05, 0.1) is 20.1 Å². The standard InChI is InChI=1S/C16H11Cl4NO5/c17-9-3-1-2-4-13(9)26-16(23)21-8-25-15(22)7-24-14-6-11(19)10(18)5-12(14)20/h1-6H,7-8H2,(H,21,23). The number of carbonyl (C=O) groups excluding carboxylic acids is 2. The van der Waals surface area contributed by atoms with E-state index in [0.29, 0.717) is 0 Å². The maximum absolute atomic E-state index is 11.6. The first-order valence-corrected chi connectivity index (χ1v) is 8.51. The lowest BCUT2D eigenvalue weighted by atomic mass is 10.3. The molecular weight excluding hydrogens is 428 g/mol. The van der Waals surface area contributed by atoms with Gasteiger partial charge in [-0.05, 0) is 18.2 Å². The molecule has 10 heteroatoms. The summed E-state index contributed by atoms with van der Waals surface area (Å²) < 4.78 is 14.9. The maximum Gasteiger partial charge on any atom is 0.415 e. The fourth-order valence-electron chi connectivity index (χ4n) is 1.63. The molecule has 0 saturated heterocycles. The van der Waals surface area contributed by atoms with E-state index in [0.717, 1.165) is 0 Å². The van der Waals surface area contributed by atoms with Crippen molar-refractivity contribution in [2.24, 2.45) is 0 Å². The summed E-state index contributed by atoms with van der Waals surface area (Å²) in [6, 6.07) is 9.19. The molecule has 0 aliphatic rings. The highest BCUT2D eigenvalue weighted by molar-refractivity contribution is 6.43. The van der Waals surface area contributed by atoms with E-state index < -0.39 is 25.4 Å². The molecule has 2 aromatic rings. The number of halogens is 4. The first kappa shape index (κ1) is 20.5. The van der Waals surface area contributed by atoms with Crippen molar-refractivity contribution in [1.82, 2.24) is 5.32 Å². The van der Waals surface area contributed by atoms with Crippen molar-refractivity contribution in [1.29, 1.82) is 0 Å². The van der Waals surface area contributed by atoms with Gasteiger partial charge in [-0.25, -0.2) is 9.59 Å². The molecule has 0 aliphatic heterocycles. The third-order valence-corrected chi connectivity index (χ3v) is 4.14. The molecule has 1 N–H and O–H groups in total. The van der Waals surface area contributed by atoms with Crippen LogP contribution in [0.4, 0.5) is 4.79 Å². The lowest BCUT2D eigenvalue weighted by Gasteiger charge is -2.10. The van der Waals surface area contributed by atoms with Crippen molar-refractivity contribution in [3.05, 3.63) is 56.5 Å². The molecule has 2 aromatic carbocycles. The van der Waals surface area contributed by atoms with Crippen molar-refractivity contribution >= 4 is 58.5 Å². The van der Waals surface area contributed by atoms with E-state index in [-0.39, 0.29) is 31.6 Å². The van der Waals surface area contributed by atoms with Crippen LogP contribution in [0.15, 0.2) is 36.4 Å². The van der Waals surface area contributed by atoms with Crippen LogP contribution in [0.1, 0.15) is 0 Å². The predicted octanol–water partition coefficient (Wildman–Crippen LogP) is 4.97. The van der Waals surface area contributed by atoms with Crippen molar-refractivity contribution in [2.75, 3.05) is 13.3 Å². The fourth-order valence-corrected chi connectivity index (χ4v) is 2.40. The molecule has 138 valence electrons. The Kier molecular flexibility index (Phi) is 7.66. The van der Waals surface area contributed by atoms with Gasteiger partial charge in [-0.2, -0.15) is 0 Å². The highest BCUT2D eigenvalue weighted by atomic mass is 35.5. The lowest BCUT2D eigenvalue weighted by molar-refractivity contribution is -0.146. The molecule has 6 nitrogen and oxygen atoms in total. The number of carbonyl (C=O) groups is 2. The SMILES string of the molecule is O=C(COc1cc(Cl)c(Cl)cc1Cl)OCNC(=O)Oc1ccccc1Cl. The zero-order chi connectivity index (χ0) is 19.1. The zero-order valence-corrected chi connectivity index (χ0v) is 16.0. The fraction of sp³-hybridized carbons (Fsp3) is 0.125. The van der Waals surface area contributed by atoms with Gasteiger partial charge in [-0.3, -0.25) is 5.32 Å². The smallest absolute Gasteiger partial charge is 0.415 e. The van der Waals surface area contributed by atoms with Crippen molar-refractivity contribution in [2.45, 2.75) is 0 Å². The average Bonchev–Trinajstić information content (AvgIpc) is 2.59. The van der Waals surface area contributed by atoms with Crippen molar-refractivity contribution in [3.8, 4) is 11.5 Å². The Hall–Kier alpha value is -1.86. The molecule has 0 spiro atoms. The summed E-state index contributed by atoms with van der Waals surface area (Å²) in [6.45, 7) is -0.862.